The van der Waals surface area contributed by atoms with E-state index in [-0.39, 0.29) is 12.5 Å². The molecule has 2 aromatic rings. The lowest BCUT2D eigenvalue weighted by Crippen LogP contribution is -2.42. The zero-order chi connectivity index (χ0) is 13.7. The first-order valence-electron chi connectivity index (χ1n) is 6.09. The first-order chi connectivity index (χ1) is 9.05. The van der Waals surface area contributed by atoms with E-state index >= 15 is 0 Å². The molecule has 0 aliphatic carbocycles. The number of amides is 1. The van der Waals surface area contributed by atoms with Crippen molar-refractivity contribution in [2.24, 2.45) is 0 Å². The minimum atomic E-state index is -1.01. The van der Waals surface area contributed by atoms with Gasteiger partial charge in [0.2, 0.25) is 5.91 Å². The van der Waals surface area contributed by atoms with Crippen LogP contribution in [0.1, 0.15) is 17.6 Å². The maximum Gasteiger partial charge on any atom is 0.225 e. The van der Waals surface area contributed by atoms with E-state index in [0.29, 0.717) is 18.6 Å². The van der Waals surface area contributed by atoms with Crippen molar-refractivity contribution in [1.82, 2.24) is 5.32 Å². The Morgan fingerprint density at radius 3 is 2.95 bits per heavy atom. The number of thiophene rings is 1. The van der Waals surface area contributed by atoms with Gasteiger partial charge in [0.25, 0.3) is 0 Å². The highest BCUT2D eigenvalue weighted by molar-refractivity contribution is 7.10. The van der Waals surface area contributed by atoms with Crippen LogP contribution in [-0.4, -0.2) is 23.2 Å². The number of hydrogen-bond donors (Lipinski definition) is 2. The van der Waals surface area contributed by atoms with Crippen LogP contribution in [0.2, 0.25) is 0 Å². The largest absolute Gasteiger partial charge is 0.469 e. The van der Waals surface area contributed by atoms with Crippen LogP contribution in [-0.2, 0) is 17.6 Å². The third-order valence-electron chi connectivity index (χ3n) is 2.72. The van der Waals surface area contributed by atoms with E-state index in [0.717, 1.165) is 4.88 Å². The number of rotatable bonds is 6. The lowest BCUT2D eigenvalue weighted by atomic mass is 10.0. The first kappa shape index (κ1) is 13.8. The first-order valence-corrected chi connectivity index (χ1v) is 6.97. The second-order valence-corrected chi connectivity index (χ2v) is 5.82. The number of hydrogen-bond acceptors (Lipinski definition) is 4. The van der Waals surface area contributed by atoms with E-state index in [1.165, 1.54) is 0 Å². The molecule has 19 heavy (non-hydrogen) atoms. The van der Waals surface area contributed by atoms with Gasteiger partial charge in [0.15, 0.2) is 0 Å². The van der Waals surface area contributed by atoms with Crippen LogP contribution < -0.4 is 5.32 Å². The van der Waals surface area contributed by atoms with E-state index in [2.05, 4.69) is 5.32 Å². The molecule has 2 aromatic heterocycles. The molecule has 0 spiro atoms. The van der Waals surface area contributed by atoms with Crippen LogP contribution >= 0.6 is 11.3 Å². The predicted molar refractivity (Wildman–Crippen MR) is 74.1 cm³/mol. The molecule has 2 heterocycles. The van der Waals surface area contributed by atoms with Gasteiger partial charge in [0.1, 0.15) is 5.76 Å². The fourth-order valence-electron chi connectivity index (χ4n) is 1.77. The number of furan rings is 1. The van der Waals surface area contributed by atoms with Crippen LogP contribution in [0.3, 0.4) is 0 Å². The second kappa shape index (κ2) is 6.04. The van der Waals surface area contributed by atoms with E-state index in [4.69, 9.17) is 4.42 Å². The average molecular weight is 279 g/mol. The van der Waals surface area contributed by atoms with Crippen molar-refractivity contribution in [2.75, 3.05) is 6.54 Å². The van der Waals surface area contributed by atoms with Crippen molar-refractivity contribution in [2.45, 2.75) is 25.4 Å². The minimum Gasteiger partial charge on any atom is -0.469 e. The molecule has 1 atom stereocenters. The number of aliphatic hydroxyl groups is 1. The molecule has 0 fully saturated rings. The Morgan fingerprint density at radius 2 is 2.32 bits per heavy atom. The Morgan fingerprint density at radius 1 is 1.47 bits per heavy atom. The SMILES string of the molecule is CC(O)(CNC(=O)Cc1cccs1)Cc1ccco1. The maximum atomic E-state index is 11.7. The molecule has 102 valence electrons. The molecule has 0 radical (unpaired) electrons. The highest BCUT2D eigenvalue weighted by Gasteiger charge is 2.23. The van der Waals surface area contributed by atoms with Crippen LogP contribution in [0.15, 0.2) is 40.3 Å². The molecule has 0 saturated carbocycles. The number of nitrogens with one attached hydrogen (secondary N) is 1. The van der Waals surface area contributed by atoms with Gasteiger partial charge in [-0.05, 0) is 30.5 Å². The van der Waals surface area contributed by atoms with E-state index in [9.17, 15) is 9.90 Å². The third kappa shape index (κ3) is 4.54. The van der Waals surface area contributed by atoms with Gasteiger partial charge in [0.05, 0.1) is 18.3 Å². The lowest BCUT2D eigenvalue weighted by molar-refractivity contribution is -0.121. The predicted octanol–water partition coefficient (Wildman–Crippen LogP) is 1.99. The summed E-state index contributed by atoms with van der Waals surface area (Å²) >= 11 is 1.55. The monoisotopic (exact) mass is 279 g/mol. The molecule has 0 saturated heterocycles. The van der Waals surface area contributed by atoms with E-state index in [1.807, 2.05) is 23.6 Å². The molecule has 0 aliphatic rings. The fourth-order valence-corrected chi connectivity index (χ4v) is 2.48. The summed E-state index contributed by atoms with van der Waals surface area (Å²) in [5, 5.41) is 14.9. The van der Waals surface area contributed by atoms with Gasteiger partial charge >= 0.3 is 0 Å². The Kier molecular flexibility index (Phi) is 4.39. The number of carbonyl (C=O) groups is 1. The molecular weight excluding hydrogens is 262 g/mol. The molecule has 1 unspecified atom stereocenters. The van der Waals surface area contributed by atoms with Gasteiger partial charge in [-0.1, -0.05) is 6.07 Å². The van der Waals surface area contributed by atoms with Crippen molar-refractivity contribution in [3.8, 4) is 0 Å². The molecule has 2 rings (SSSR count). The van der Waals surface area contributed by atoms with E-state index < -0.39 is 5.60 Å². The zero-order valence-corrected chi connectivity index (χ0v) is 11.6. The molecule has 0 aromatic carbocycles. The van der Waals surface area contributed by atoms with Gasteiger partial charge in [0, 0.05) is 17.8 Å². The summed E-state index contributed by atoms with van der Waals surface area (Å²) in [6, 6.07) is 7.42. The molecule has 2 N–H and O–H groups in total. The van der Waals surface area contributed by atoms with Gasteiger partial charge < -0.3 is 14.8 Å². The second-order valence-electron chi connectivity index (χ2n) is 4.79. The van der Waals surface area contributed by atoms with Crippen LogP contribution in [0, 0.1) is 0 Å². The highest BCUT2D eigenvalue weighted by Crippen LogP contribution is 2.13. The topological polar surface area (TPSA) is 62.5 Å². The van der Waals surface area contributed by atoms with Gasteiger partial charge in [-0.15, -0.1) is 11.3 Å². The molecule has 4 nitrogen and oxygen atoms in total. The Labute approximate surface area is 116 Å². The molecule has 1 amide bonds. The average Bonchev–Trinajstić information content (AvgIpc) is 2.99. The highest BCUT2D eigenvalue weighted by atomic mass is 32.1. The molecule has 0 bridgehead atoms. The van der Waals surface area contributed by atoms with Crippen molar-refractivity contribution in [3.05, 3.63) is 46.5 Å². The fraction of sp³-hybridized carbons (Fsp3) is 0.357. The normalized spacial score (nSPS) is 14.0. The summed E-state index contributed by atoms with van der Waals surface area (Å²) in [5.74, 6) is 0.625. The van der Waals surface area contributed by atoms with Crippen molar-refractivity contribution >= 4 is 17.2 Å². The van der Waals surface area contributed by atoms with Crippen LogP contribution in [0.25, 0.3) is 0 Å². The Balaban J connectivity index is 1.78. The summed E-state index contributed by atoms with van der Waals surface area (Å²) in [6.45, 7) is 1.89. The Bertz CT molecular complexity index is 503. The summed E-state index contributed by atoms with van der Waals surface area (Å²) < 4.78 is 5.19. The zero-order valence-electron chi connectivity index (χ0n) is 10.8. The quantitative estimate of drug-likeness (QED) is 0.850. The summed E-state index contributed by atoms with van der Waals surface area (Å²) in [4.78, 5) is 12.7. The molecular formula is C14H17NO3S. The smallest absolute Gasteiger partial charge is 0.225 e. The maximum absolute atomic E-state index is 11.7. The molecule has 0 aliphatic heterocycles. The van der Waals surface area contributed by atoms with E-state index in [1.54, 1.807) is 30.6 Å². The standard InChI is InChI=1S/C14H17NO3S/c1-14(17,9-11-4-2-6-18-11)10-15-13(16)8-12-5-3-7-19-12/h2-7,17H,8-10H2,1H3,(H,15,16). The third-order valence-corrected chi connectivity index (χ3v) is 3.59. The van der Waals surface area contributed by atoms with Crippen molar-refractivity contribution in [3.63, 3.8) is 0 Å². The van der Waals surface area contributed by atoms with Crippen molar-refractivity contribution in [1.29, 1.82) is 0 Å². The molecule has 5 heteroatoms. The van der Waals surface area contributed by atoms with Crippen LogP contribution in [0.4, 0.5) is 0 Å². The van der Waals surface area contributed by atoms with Crippen LogP contribution in [0.5, 0.6) is 0 Å². The number of carbonyl (C=O) groups excluding carboxylic acids is 1. The van der Waals surface area contributed by atoms with Gasteiger partial charge in [-0.25, -0.2) is 0 Å². The lowest BCUT2D eigenvalue weighted by Gasteiger charge is -2.22. The summed E-state index contributed by atoms with van der Waals surface area (Å²) in [5.41, 5.74) is -1.01. The minimum absolute atomic E-state index is 0.0813. The summed E-state index contributed by atoms with van der Waals surface area (Å²) in [7, 11) is 0. The summed E-state index contributed by atoms with van der Waals surface area (Å²) in [6.07, 6.45) is 2.30. The van der Waals surface area contributed by atoms with Gasteiger partial charge in [-0.2, -0.15) is 0 Å². The van der Waals surface area contributed by atoms with Gasteiger partial charge in [-0.3, -0.25) is 4.79 Å². The van der Waals surface area contributed by atoms with Crippen molar-refractivity contribution < 1.29 is 14.3 Å². The Hall–Kier alpha value is -1.59.